The van der Waals surface area contributed by atoms with Crippen molar-refractivity contribution in [1.82, 2.24) is 4.98 Å². The van der Waals surface area contributed by atoms with E-state index in [2.05, 4.69) is 163 Å². The van der Waals surface area contributed by atoms with Gasteiger partial charge in [-0.05, 0) is 79.5 Å². The Morgan fingerprint density at radius 2 is 1.17 bits per heavy atom. The number of hydrogen-bond acceptors (Lipinski definition) is 2. The number of fused-ring (bicyclic) bond motifs is 9. The minimum Gasteiger partial charge on any atom is -0.455 e. The third-order valence-corrected chi connectivity index (χ3v) is 10.2. The van der Waals surface area contributed by atoms with Gasteiger partial charge in [0.05, 0.1) is 5.41 Å². The summed E-state index contributed by atoms with van der Waals surface area (Å²) >= 11 is 0. The summed E-state index contributed by atoms with van der Waals surface area (Å²) < 4.78 is 6.90. The van der Waals surface area contributed by atoms with Gasteiger partial charge in [0.25, 0.3) is 0 Å². The molecule has 48 heavy (non-hydrogen) atoms. The van der Waals surface area contributed by atoms with E-state index < -0.39 is 5.41 Å². The van der Waals surface area contributed by atoms with Crippen LogP contribution in [0.2, 0.25) is 0 Å². The molecule has 0 amide bonds. The van der Waals surface area contributed by atoms with E-state index in [0.29, 0.717) is 0 Å². The predicted molar refractivity (Wildman–Crippen MR) is 197 cm³/mol. The van der Waals surface area contributed by atoms with Crippen LogP contribution in [-0.4, -0.2) is 4.98 Å². The average molecular weight is 612 g/mol. The topological polar surface area (TPSA) is 26.0 Å². The van der Waals surface area contributed by atoms with Gasteiger partial charge >= 0.3 is 0 Å². The Balaban J connectivity index is 1.43. The van der Waals surface area contributed by atoms with Crippen LogP contribution in [0.5, 0.6) is 0 Å². The molecule has 0 N–H and O–H groups in total. The van der Waals surface area contributed by atoms with Crippen LogP contribution in [-0.2, 0) is 5.41 Å². The van der Waals surface area contributed by atoms with Crippen LogP contribution >= 0.6 is 0 Å². The summed E-state index contributed by atoms with van der Waals surface area (Å²) in [6, 6.07) is 59.4. The number of rotatable bonds is 4. The van der Waals surface area contributed by atoms with E-state index >= 15 is 0 Å². The molecule has 0 unspecified atom stereocenters. The normalized spacial score (nSPS) is 13.2. The predicted octanol–water partition coefficient (Wildman–Crippen LogP) is 11.8. The molecular formula is C46H29NO. The summed E-state index contributed by atoms with van der Waals surface area (Å²) in [7, 11) is 0. The minimum absolute atomic E-state index is 0.556. The van der Waals surface area contributed by atoms with E-state index in [-0.39, 0.29) is 0 Å². The molecule has 10 rings (SSSR count). The standard InChI is InChI=1S/C46H29NO/c1-3-17-34(18-4-1)46(35-19-5-2-6-20-35)39-25-24-30-13-7-8-21-36(30)42(39)44-40(46)28-38(45-43(44)37-22-9-10-23-41(37)48-45)32-15-11-14-31(27-32)33-16-12-26-47-29-33/h1-29H. The van der Waals surface area contributed by atoms with Crippen LogP contribution in [0.25, 0.3) is 66.1 Å². The molecule has 0 fully saturated rings. The van der Waals surface area contributed by atoms with Crippen molar-refractivity contribution in [2.45, 2.75) is 5.41 Å². The summed E-state index contributed by atoms with van der Waals surface area (Å²) in [5.74, 6) is 0. The third kappa shape index (κ3) is 3.72. The minimum atomic E-state index is -0.556. The van der Waals surface area contributed by atoms with Crippen molar-refractivity contribution in [3.8, 4) is 33.4 Å². The molecule has 0 saturated carbocycles. The molecule has 0 bridgehead atoms. The zero-order chi connectivity index (χ0) is 31.7. The number of furan rings is 1. The Bertz CT molecular complexity index is 2610. The van der Waals surface area contributed by atoms with Crippen LogP contribution in [0.3, 0.4) is 0 Å². The maximum Gasteiger partial charge on any atom is 0.143 e. The second-order valence-corrected chi connectivity index (χ2v) is 12.7. The molecule has 0 radical (unpaired) electrons. The second-order valence-electron chi connectivity index (χ2n) is 12.7. The van der Waals surface area contributed by atoms with Crippen molar-refractivity contribution in [2.24, 2.45) is 0 Å². The Labute approximate surface area is 278 Å². The lowest BCUT2D eigenvalue weighted by Gasteiger charge is -2.34. The molecule has 224 valence electrons. The average Bonchev–Trinajstić information content (AvgIpc) is 3.70. The highest BCUT2D eigenvalue weighted by Crippen LogP contribution is 2.61. The molecule has 2 heterocycles. The summed E-state index contributed by atoms with van der Waals surface area (Å²) in [6.45, 7) is 0. The van der Waals surface area contributed by atoms with Gasteiger partial charge in [-0.15, -0.1) is 0 Å². The van der Waals surface area contributed by atoms with Crippen LogP contribution in [0.15, 0.2) is 181 Å². The highest BCUT2D eigenvalue weighted by atomic mass is 16.3. The molecule has 1 aliphatic rings. The highest BCUT2D eigenvalue weighted by Gasteiger charge is 2.48. The largest absolute Gasteiger partial charge is 0.455 e. The van der Waals surface area contributed by atoms with E-state index in [1.807, 2.05) is 18.5 Å². The first-order valence-electron chi connectivity index (χ1n) is 16.5. The second kappa shape index (κ2) is 10.4. The molecule has 0 saturated heterocycles. The molecule has 7 aromatic carbocycles. The van der Waals surface area contributed by atoms with Gasteiger partial charge in [0.15, 0.2) is 0 Å². The molecule has 9 aromatic rings. The molecule has 0 spiro atoms. The number of aromatic nitrogens is 1. The molecule has 2 nitrogen and oxygen atoms in total. The van der Waals surface area contributed by atoms with E-state index in [9.17, 15) is 0 Å². The van der Waals surface area contributed by atoms with Crippen molar-refractivity contribution in [3.63, 3.8) is 0 Å². The first-order chi connectivity index (χ1) is 23.8. The lowest BCUT2D eigenvalue weighted by Crippen LogP contribution is -2.28. The Morgan fingerprint density at radius 1 is 0.479 bits per heavy atom. The monoisotopic (exact) mass is 611 g/mol. The summed E-state index contributed by atoms with van der Waals surface area (Å²) in [5, 5.41) is 4.78. The van der Waals surface area contributed by atoms with Crippen LogP contribution in [0, 0.1) is 0 Å². The number of hydrogen-bond donors (Lipinski definition) is 0. The van der Waals surface area contributed by atoms with Gasteiger partial charge in [0.2, 0.25) is 0 Å². The molecule has 0 atom stereocenters. The van der Waals surface area contributed by atoms with Crippen molar-refractivity contribution < 1.29 is 4.42 Å². The zero-order valence-corrected chi connectivity index (χ0v) is 26.1. The third-order valence-electron chi connectivity index (χ3n) is 10.2. The summed E-state index contributed by atoms with van der Waals surface area (Å²) in [4.78, 5) is 4.40. The van der Waals surface area contributed by atoms with Crippen LogP contribution in [0.1, 0.15) is 22.3 Å². The number of benzene rings is 7. The number of para-hydroxylation sites is 1. The van der Waals surface area contributed by atoms with E-state index in [0.717, 1.165) is 44.2 Å². The highest BCUT2D eigenvalue weighted by molar-refractivity contribution is 6.22. The molecular weight excluding hydrogens is 583 g/mol. The van der Waals surface area contributed by atoms with Crippen molar-refractivity contribution in [1.29, 1.82) is 0 Å². The Kier molecular flexibility index (Phi) is 5.82. The number of nitrogens with zero attached hydrogens (tertiary/aromatic N) is 1. The first kappa shape index (κ1) is 26.9. The smallest absolute Gasteiger partial charge is 0.143 e. The summed E-state index contributed by atoms with van der Waals surface area (Å²) in [5.41, 5.74) is 13.2. The Hall–Kier alpha value is -6.25. The Morgan fingerprint density at radius 3 is 1.94 bits per heavy atom. The molecule has 2 heteroatoms. The van der Waals surface area contributed by atoms with Crippen LogP contribution < -0.4 is 0 Å². The fraction of sp³-hybridized carbons (Fsp3) is 0.0217. The maximum absolute atomic E-state index is 6.90. The first-order valence-corrected chi connectivity index (χ1v) is 16.5. The summed E-state index contributed by atoms with van der Waals surface area (Å²) in [6.07, 6.45) is 3.75. The van der Waals surface area contributed by atoms with Gasteiger partial charge in [-0.3, -0.25) is 4.98 Å². The van der Waals surface area contributed by atoms with Gasteiger partial charge in [0.1, 0.15) is 11.2 Å². The fourth-order valence-corrected chi connectivity index (χ4v) is 8.23. The lowest BCUT2D eigenvalue weighted by atomic mass is 9.67. The molecule has 0 aliphatic heterocycles. The molecule has 1 aliphatic carbocycles. The SMILES string of the molecule is c1ccc(C2(c3ccccc3)c3ccc4ccccc4c3-c3c2cc(-c2cccc(-c4cccnc4)c2)c2oc4ccccc4c32)cc1. The van der Waals surface area contributed by atoms with Gasteiger partial charge in [0, 0.05) is 34.3 Å². The van der Waals surface area contributed by atoms with Crippen molar-refractivity contribution in [3.05, 3.63) is 198 Å². The number of pyridine rings is 1. The van der Waals surface area contributed by atoms with Gasteiger partial charge in [-0.25, -0.2) is 0 Å². The van der Waals surface area contributed by atoms with Crippen molar-refractivity contribution >= 4 is 32.7 Å². The van der Waals surface area contributed by atoms with Gasteiger partial charge in [-0.2, -0.15) is 0 Å². The van der Waals surface area contributed by atoms with Crippen LogP contribution in [0.4, 0.5) is 0 Å². The molecule has 2 aromatic heterocycles. The maximum atomic E-state index is 6.90. The van der Waals surface area contributed by atoms with E-state index in [4.69, 9.17) is 4.42 Å². The van der Waals surface area contributed by atoms with Gasteiger partial charge < -0.3 is 4.42 Å². The van der Waals surface area contributed by atoms with Crippen molar-refractivity contribution in [2.75, 3.05) is 0 Å². The fourth-order valence-electron chi connectivity index (χ4n) is 8.23. The quantitative estimate of drug-likeness (QED) is 0.198. The lowest BCUT2D eigenvalue weighted by molar-refractivity contribution is 0.669. The van der Waals surface area contributed by atoms with E-state index in [1.165, 1.54) is 44.2 Å². The van der Waals surface area contributed by atoms with E-state index in [1.54, 1.807) is 0 Å². The zero-order valence-electron chi connectivity index (χ0n) is 26.1. The van der Waals surface area contributed by atoms with Gasteiger partial charge in [-0.1, -0.05) is 140 Å².